The molecule has 0 bridgehead atoms. The van der Waals surface area contributed by atoms with E-state index in [0.717, 1.165) is 0 Å². The van der Waals surface area contributed by atoms with Gasteiger partial charge in [-0.15, -0.1) is 0 Å². The van der Waals surface area contributed by atoms with Gasteiger partial charge in [-0.3, -0.25) is 5.43 Å². The van der Waals surface area contributed by atoms with Crippen molar-refractivity contribution in [3.63, 3.8) is 0 Å². The lowest BCUT2D eigenvalue weighted by molar-refractivity contribution is 0.134. The Labute approximate surface area is 101 Å². The summed E-state index contributed by atoms with van der Waals surface area (Å²) in [6.07, 6.45) is 5.22. The summed E-state index contributed by atoms with van der Waals surface area (Å²) >= 11 is 0. The zero-order valence-electron chi connectivity index (χ0n) is 10.2. The van der Waals surface area contributed by atoms with E-state index in [1.165, 1.54) is 19.3 Å². The van der Waals surface area contributed by atoms with Crippen molar-refractivity contribution in [3.05, 3.63) is 18.0 Å². The molecule has 90 valence electrons. The van der Waals surface area contributed by atoms with Gasteiger partial charge in [-0.1, -0.05) is 6.42 Å². The standard InChI is InChI=1S/C12H17N5/c1-9-4-3-5-10(2)17(9)16-12-14-7-6-11(8-13)15-12/h6-7,9-10H,3-5H2,1-2H3,(H,14,15,16). The van der Waals surface area contributed by atoms with E-state index in [0.29, 0.717) is 23.7 Å². The van der Waals surface area contributed by atoms with Gasteiger partial charge in [0.2, 0.25) is 5.95 Å². The number of nitrogens with one attached hydrogen (secondary N) is 1. The smallest absolute Gasteiger partial charge is 0.238 e. The summed E-state index contributed by atoms with van der Waals surface area (Å²) in [5.74, 6) is 0.504. The van der Waals surface area contributed by atoms with Gasteiger partial charge in [-0.2, -0.15) is 5.26 Å². The molecule has 5 nitrogen and oxygen atoms in total. The first-order valence-corrected chi connectivity index (χ1v) is 5.99. The third-order valence-electron chi connectivity index (χ3n) is 3.19. The number of anilines is 1. The van der Waals surface area contributed by atoms with Crippen LogP contribution in [0.15, 0.2) is 12.3 Å². The maximum absolute atomic E-state index is 8.79. The molecule has 1 fully saturated rings. The molecule has 0 amide bonds. The SMILES string of the molecule is CC1CCCC(C)N1Nc1nccc(C#N)n1. The van der Waals surface area contributed by atoms with E-state index >= 15 is 0 Å². The van der Waals surface area contributed by atoms with Crippen molar-refractivity contribution >= 4 is 5.95 Å². The Morgan fingerprint density at radius 3 is 2.76 bits per heavy atom. The van der Waals surface area contributed by atoms with Gasteiger partial charge in [0.05, 0.1) is 0 Å². The number of nitriles is 1. The highest BCUT2D eigenvalue weighted by Gasteiger charge is 2.25. The number of nitrogens with zero attached hydrogens (tertiary/aromatic N) is 4. The quantitative estimate of drug-likeness (QED) is 0.842. The van der Waals surface area contributed by atoms with E-state index in [2.05, 4.69) is 34.3 Å². The third-order valence-corrected chi connectivity index (χ3v) is 3.19. The minimum Gasteiger partial charge on any atom is -0.286 e. The van der Waals surface area contributed by atoms with Crippen molar-refractivity contribution in [1.29, 1.82) is 5.26 Å². The average molecular weight is 231 g/mol. The molecule has 1 N–H and O–H groups in total. The first-order valence-electron chi connectivity index (χ1n) is 5.99. The summed E-state index contributed by atoms with van der Waals surface area (Å²) in [5.41, 5.74) is 3.60. The highest BCUT2D eigenvalue weighted by Crippen LogP contribution is 2.22. The lowest BCUT2D eigenvalue weighted by Gasteiger charge is -2.38. The zero-order chi connectivity index (χ0) is 12.3. The fraction of sp³-hybridized carbons (Fsp3) is 0.583. The van der Waals surface area contributed by atoms with E-state index in [4.69, 9.17) is 5.26 Å². The normalized spacial score (nSPS) is 25.2. The summed E-state index contributed by atoms with van der Waals surface area (Å²) in [7, 11) is 0. The van der Waals surface area contributed by atoms with Gasteiger partial charge in [0.25, 0.3) is 0 Å². The lowest BCUT2D eigenvalue weighted by atomic mass is 10.00. The number of aromatic nitrogens is 2. The fourth-order valence-corrected chi connectivity index (χ4v) is 2.23. The Balaban J connectivity index is 2.11. The minimum atomic E-state index is 0.389. The molecular formula is C12H17N5. The molecule has 0 aromatic carbocycles. The van der Waals surface area contributed by atoms with Crippen LogP contribution in [0.25, 0.3) is 0 Å². The second-order valence-electron chi connectivity index (χ2n) is 4.53. The van der Waals surface area contributed by atoms with Crippen LogP contribution >= 0.6 is 0 Å². The van der Waals surface area contributed by atoms with Crippen molar-refractivity contribution in [1.82, 2.24) is 15.0 Å². The molecule has 2 atom stereocenters. The predicted molar refractivity (Wildman–Crippen MR) is 65.0 cm³/mol. The third kappa shape index (κ3) is 2.71. The molecule has 1 aromatic heterocycles. The van der Waals surface area contributed by atoms with E-state index in [1.807, 2.05) is 6.07 Å². The summed E-state index contributed by atoms with van der Waals surface area (Å²) in [5, 5.41) is 11.0. The minimum absolute atomic E-state index is 0.389. The molecule has 1 aliphatic heterocycles. The van der Waals surface area contributed by atoms with Gasteiger partial charge in [-0.05, 0) is 32.8 Å². The maximum atomic E-state index is 8.79. The van der Waals surface area contributed by atoms with Gasteiger partial charge in [0.1, 0.15) is 11.8 Å². The molecule has 2 rings (SSSR count). The van der Waals surface area contributed by atoms with Crippen LogP contribution in [0.5, 0.6) is 0 Å². The van der Waals surface area contributed by atoms with Crippen LogP contribution in [0.2, 0.25) is 0 Å². The lowest BCUT2D eigenvalue weighted by Crippen LogP contribution is -2.47. The number of hydrogen-bond donors (Lipinski definition) is 1. The van der Waals surface area contributed by atoms with Gasteiger partial charge in [0.15, 0.2) is 0 Å². The van der Waals surface area contributed by atoms with Gasteiger partial charge < -0.3 is 0 Å². The van der Waals surface area contributed by atoms with Crippen LogP contribution in [0.1, 0.15) is 38.8 Å². The Morgan fingerprint density at radius 1 is 1.41 bits per heavy atom. The highest BCUT2D eigenvalue weighted by atomic mass is 15.6. The van der Waals surface area contributed by atoms with E-state index in [1.54, 1.807) is 12.3 Å². The van der Waals surface area contributed by atoms with Gasteiger partial charge in [-0.25, -0.2) is 15.0 Å². The molecule has 1 aromatic rings. The molecule has 0 radical (unpaired) electrons. The molecule has 0 spiro atoms. The molecule has 2 unspecified atom stereocenters. The van der Waals surface area contributed by atoms with E-state index in [-0.39, 0.29) is 0 Å². The predicted octanol–water partition coefficient (Wildman–Crippen LogP) is 1.94. The molecule has 0 aliphatic carbocycles. The molecule has 1 aliphatic rings. The molecular weight excluding hydrogens is 214 g/mol. The summed E-state index contributed by atoms with van der Waals surface area (Å²) in [4.78, 5) is 8.26. The molecule has 1 saturated heterocycles. The maximum Gasteiger partial charge on any atom is 0.238 e. The summed E-state index contributed by atoms with van der Waals surface area (Å²) in [6.45, 7) is 4.38. The van der Waals surface area contributed by atoms with Gasteiger partial charge in [0, 0.05) is 18.3 Å². The molecule has 2 heterocycles. The van der Waals surface area contributed by atoms with Crippen LogP contribution in [0, 0.1) is 11.3 Å². The number of piperidine rings is 1. The van der Waals surface area contributed by atoms with E-state index < -0.39 is 0 Å². The summed E-state index contributed by atoms with van der Waals surface area (Å²) < 4.78 is 0. The first-order chi connectivity index (χ1) is 8.20. The zero-order valence-corrected chi connectivity index (χ0v) is 10.2. The second kappa shape index (κ2) is 5.11. The second-order valence-corrected chi connectivity index (χ2v) is 4.53. The van der Waals surface area contributed by atoms with Crippen LogP contribution in [-0.2, 0) is 0 Å². The van der Waals surface area contributed by atoms with Gasteiger partial charge >= 0.3 is 0 Å². The topological polar surface area (TPSA) is 64.8 Å². The van der Waals surface area contributed by atoms with E-state index in [9.17, 15) is 0 Å². The van der Waals surface area contributed by atoms with Crippen molar-refractivity contribution in [2.45, 2.75) is 45.2 Å². The van der Waals surface area contributed by atoms with Crippen LogP contribution in [-0.4, -0.2) is 27.1 Å². The Kier molecular flexibility index (Phi) is 3.55. The van der Waals surface area contributed by atoms with Crippen LogP contribution in [0.3, 0.4) is 0 Å². The molecule has 5 heteroatoms. The number of rotatable bonds is 2. The van der Waals surface area contributed by atoms with Crippen molar-refractivity contribution < 1.29 is 0 Å². The monoisotopic (exact) mass is 231 g/mol. The highest BCUT2D eigenvalue weighted by molar-refractivity contribution is 5.29. The van der Waals surface area contributed by atoms with Crippen molar-refractivity contribution in [3.8, 4) is 6.07 Å². The van der Waals surface area contributed by atoms with Crippen LogP contribution in [0.4, 0.5) is 5.95 Å². The summed E-state index contributed by atoms with van der Waals surface area (Å²) in [6, 6.07) is 4.55. The Morgan fingerprint density at radius 2 is 2.12 bits per heavy atom. The number of hydrogen-bond acceptors (Lipinski definition) is 5. The Hall–Kier alpha value is -1.67. The van der Waals surface area contributed by atoms with Crippen LogP contribution < -0.4 is 5.43 Å². The first kappa shape index (κ1) is 11.8. The molecule has 0 saturated carbocycles. The van der Waals surface area contributed by atoms with Crippen molar-refractivity contribution in [2.75, 3.05) is 5.43 Å². The van der Waals surface area contributed by atoms with Crippen molar-refractivity contribution in [2.24, 2.45) is 0 Å². The fourth-order valence-electron chi connectivity index (χ4n) is 2.23. The molecule has 17 heavy (non-hydrogen) atoms. The Bertz CT molecular complexity index is 415. The number of hydrazine groups is 1. The largest absolute Gasteiger partial charge is 0.286 e. The average Bonchev–Trinajstić information content (AvgIpc) is 2.34.